The third-order valence-corrected chi connectivity index (χ3v) is 2.24. The molecular weight excluding hydrogens is 204 g/mol. The number of nitrogens with zero attached hydrogens (tertiary/aromatic N) is 1. The molecule has 1 amide bonds. The van der Waals surface area contributed by atoms with Gasteiger partial charge in [0.05, 0.1) is 18.0 Å². The van der Waals surface area contributed by atoms with E-state index in [0.29, 0.717) is 6.67 Å². The minimum absolute atomic E-state index is 0.315. The molecule has 0 fully saturated rings. The van der Waals surface area contributed by atoms with E-state index in [1.165, 1.54) is 0 Å². The van der Waals surface area contributed by atoms with Crippen LogP contribution in [0.15, 0.2) is 24.3 Å². The number of carbonyl (C=O) groups is 1. The average Bonchev–Trinajstić information content (AvgIpc) is 2.58. The van der Waals surface area contributed by atoms with Crippen LogP contribution in [0, 0.1) is 0 Å². The van der Waals surface area contributed by atoms with E-state index in [4.69, 9.17) is 4.74 Å². The maximum atomic E-state index is 11.9. The van der Waals surface area contributed by atoms with Gasteiger partial charge in [-0.2, -0.15) is 0 Å². The van der Waals surface area contributed by atoms with Crippen molar-refractivity contribution in [1.29, 1.82) is 0 Å². The van der Waals surface area contributed by atoms with Gasteiger partial charge >= 0.3 is 6.09 Å². The summed E-state index contributed by atoms with van der Waals surface area (Å²) in [6.45, 7) is 6.05. The maximum Gasteiger partial charge on any atom is 0.416 e. The van der Waals surface area contributed by atoms with Gasteiger partial charge in [-0.3, -0.25) is 4.90 Å². The molecule has 0 radical (unpaired) electrons. The molecule has 0 saturated carbocycles. The summed E-state index contributed by atoms with van der Waals surface area (Å²) in [5, 5.41) is 3.14. The summed E-state index contributed by atoms with van der Waals surface area (Å²) in [5.74, 6) is 0. The minimum atomic E-state index is -0.464. The Labute approximate surface area is 95.2 Å². The van der Waals surface area contributed by atoms with E-state index in [2.05, 4.69) is 5.32 Å². The Balaban J connectivity index is 2.16. The lowest BCUT2D eigenvalue weighted by Crippen LogP contribution is -2.36. The lowest BCUT2D eigenvalue weighted by molar-refractivity contribution is 0.0585. The molecule has 0 aliphatic carbocycles. The van der Waals surface area contributed by atoms with E-state index < -0.39 is 5.60 Å². The van der Waals surface area contributed by atoms with Crippen LogP contribution in [0.25, 0.3) is 0 Å². The molecule has 4 heteroatoms. The maximum absolute atomic E-state index is 11.9. The molecule has 0 bridgehead atoms. The Morgan fingerprint density at radius 1 is 1.38 bits per heavy atom. The molecule has 2 rings (SSSR count). The molecule has 86 valence electrons. The molecule has 0 unspecified atom stereocenters. The summed E-state index contributed by atoms with van der Waals surface area (Å²) in [7, 11) is 0. The van der Waals surface area contributed by atoms with Crippen molar-refractivity contribution in [2.45, 2.75) is 26.4 Å². The van der Waals surface area contributed by atoms with Gasteiger partial charge in [0.1, 0.15) is 5.60 Å². The van der Waals surface area contributed by atoms with Gasteiger partial charge in [-0.25, -0.2) is 4.79 Å². The number of rotatable bonds is 0. The van der Waals surface area contributed by atoms with Gasteiger partial charge in [0, 0.05) is 0 Å². The van der Waals surface area contributed by atoms with Gasteiger partial charge in [-0.15, -0.1) is 0 Å². The van der Waals surface area contributed by atoms with E-state index in [1.54, 1.807) is 4.90 Å². The van der Waals surface area contributed by atoms with Crippen molar-refractivity contribution < 1.29 is 9.53 Å². The lowest BCUT2D eigenvalue weighted by Gasteiger charge is -2.24. The van der Waals surface area contributed by atoms with Gasteiger partial charge in [0.2, 0.25) is 0 Å². The number of anilines is 2. The molecule has 0 spiro atoms. The number of carbonyl (C=O) groups excluding carboxylic acids is 1. The lowest BCUT2D eigenvalue weighted by atomic mass is 10.2. The molecule has 16 heavy (non-hydrogen) atoms. The highest BCUT2D eigenvalue weighted by Crippen LogP contribution is 2.31. The van der Waals surface area contributed by atoms with E-state index in [1.807, 2.05) is 45.0 Å². The van der Waals surface area contributed by atoms with Crippen molar-refractivity contribution in [2.75, 3.05) is 16.9 Å². The second kappa shape index (κ2) is 3.70. The fourth-order valence-electron chi connectivity index (χ4n) is 1.59. The SMILES string of the molecule is CC(C)(C)OC(=O)N1CNc2ccccc21. The number of hydrogen-bond acceptors (Lipinski definition) is 3. The highest BCUT2D eigenvalue weighted by Gasteiger charge is 2.28. The van der Waals surface area contributed by atoms with Crippen molar-refractivity contribution in [3.05, 3.63) is 24.3 Å². The third kappa shape index (κ3) is 2.10. The number of ether oxygens (including phenoxy) is 1. The van der Waals surface area contributed by atoms with Crippen LogP contribution in [-0.4, -0.2) is 18.4 Å². The number of hydrogen-bond donors (Lipinski definition) is 1. The summed E-state index contributed by atoms with van der Waals surface area (Å²) in [6.07, 6.45) is -0.315. The predicted molar refractivity (Wildman–Crippen MR) is 63.6 cm³/mol. The Morgan fingerprint density at radius 3 is 2.75 bits per heavy atom. The van der Waals surface area contributed by atoms with Gasteiger partial charge in [0.15, 0.2) is 0 Å². The zero-order valence-electron chi connectivity index (χ0n) is 9.78. The molecule has 1 aromatic rings. The van der Waals surface area contributed by atoms with Crippen LogP contribution in [0.4, 0.5) is 16.2 Å². The first-order chi connectivity index (χ1) is 7.47. The number of para-hydroxylation sites is 2. The second-order valence-electron chi connectivity index (χ2n) is 4.76. The van der Waals surface area contributed by atoms with Crippen molar-refractivity contribution in [2.24, 2.45) is 0 Å². The molecule has 1 N–H and O–H groups in total. The average molecular weight is 220 g/mol. The molecule has 1 aliphatic rings. The molecule has 1 aromatic carbocycles. The first kappa shape index (κ1) is 10.8. The summed E-state index contributed by atoms with van der Waals surface area (Å²) >= 11 is 0. The fourth-order valence-corrected chi connectivity index (χ4v) is 1.59. The topological polar surface area (TPSA) is 41.6 Å². The first-order valence-corrected chi connectivity index (χ1v) is 5.31. The quantitative estimate of drug-likeness (QED) is 0.731. The Hall–Kier alpha value is -1.71. The van der Waals surface area contributed by atoms with Crippen LogP contribution >= 0.6 is 0 Å². The van der Waals surface area contributed by atoms with Gasteiger partial charge in [-0.1, -0.05) is 12.1 Å². The van der Waals surface area contributed by atoms with Crippen LogP contribution in [0.1, 0.15) is 20.8 Å². The fraction of sp³-hybridized carbons (Fsp3) is 0.417. The minimum Gasteiger partial charge on any atom is -0.443 e. The smallest absolute Gasteiger partial charge is 0.416 e. The Bertz CT molecular complexity index is 410. The van der Waals surface area contributed by atoms with Crippen LogP contribution in [0.2, 0.25) is 0 Å². The monoisotopic (exact) mass is 220 g/mol. The van der Waals surface area contributed by atoms with E-state index in [0.717, 1.165) is 11.4 Å². The van der Waals surface area contributed by atoms with Gasteiger partial charge in [0.25, 0.3) is 0 Å². The highest BCUT2D eigenvalue weighted by atomic mass is 16.6. The van der Waals surface area contributed by atoms with Gasteiger partial charge in [-0.05, 0) is 32.9 Å². The molecule has 1 heterocycles. The van der Waals surface area contributed by atoms with Crippen molar-refractivity contribution in [1.82, 2.24) is 0 Å². The van der Waals surface area contributed by atoms with Crippen molar-refractivity contribution >= 4 is 17.5 Å². The summed E-state index contributed by atoms with van der Waals surface area (Å²) in [6, 6.07) is 7.69. The molecular formula is C12H16N2O2. The summed E-state index contributed by atoms with van der Waals surface area (Å²) in [5.41, 5.74) is 1.37. The molecule has 1 aliphatic heterocycles. The molecule has 0 aromatic heterocycles. The summed E-state index contributed by atoms with van der Waals surface area (Å²) in [4.78, 5) is 13.5. The van der Waals surface area contributed by atoms with Crippen LogP contribution < -0.4 is 10.2 Å². The van der Waals surface area contributed by atoms with Crippen LogP contribution in [-0.2, 0) is 4.74 Å². The largest absolute Gasteiger partial charge is 0.443 e. The van der Waals surface area contributed by atoms with Crippen molar-refractivity contribution in [3.63, 3.8) is 0 Å². The Morgan fingerprint density at radius 2 is 2.06 bits per heavy atom. The summed E-state index contributed by atoms with van der Waals surface area (Å²) < 4.78 is 5.33. The first-order valence-electron chi connectivity index (χ1n) is 5.31. The number of benzene rings is 1. The standard InChI is InChI=1S/C12H16N2O2/c1-12(2,3)16-11(15)14-8-13-9-6-4-5-7-10(9)14/h4-7,13H,8H2,1-3H3. The molecule has 0 atom stereocenters. The van der Waals surface area contributed by atoms with Crippen molar-refractivity contribution in [3.8, 4) is 0 Å². The van der Waals surface area contributed by atoms with E-state index in [9.17, 15) is 4.79 Å². The predicted octanol–water partition coefficient (Wildman–Crippen LogP) is 2.81. The van der Waals surface area contributed by atoms with E-state index in [-0.39, 0.29) is 6.09 Å². The second-order valence-corrected chi connectivity index (χ2v) is 4.76. The number of nitrogens with one attached hydrogen (secondary N) is 1. The number of amides is 1. The van der Waals surface area contributed by atoms with Crippen LogP contribution in [0.3, 0.4) is 0 Å². The molecule has 0 saturated heterocycles. The third-order valence-electron chi connectivity index (χ3n) is 2.24. The normalized spacial score (nSPS) is 14.3. The van der Waals surface area contributed by atoms with E-state index >= 15 is 0 Å². The highest BCUT2D eigenvalue weighted by molar-refractivity contribution is 5.95. The zero-order chi connectivity index (χ0) is 11.8. The Kier molecular flexibility index (Phi) is 2.50. The number of fused-ring (bicyclic) bond motifs is 1. The molecule has 4 nitrogen and oxygen atoms in total. The van der Waals surface area contributed by atoms with Gasteiger partial charge < -0.3 is 10.1 Å². The van der Waals surface area contributed by atoms with Crippen LogP contribution in [0.5, 0.6) is 0 Å². The zero-order valence-corrected chi connectivity index (χ0v) is 9.78.